The lowest BCUT2D eigenvalue weighted by atomic mass is 9.96. The SMILES string of the molecule is CCC(C(=O)N(C)C)S(=O)(=O)Nc1nc(C(C)(C)C)n[nH]1. The third-order valence-electron chi connectivity index (χ3n) is 2.86. The minimum Gasteiger partial charge on any atom is -0.348 e. The number of hydrogen-bond donors (Lipinski definition) is 2. The maximum atomic E-state index is 12.3. The Labute approximate surface area is 125 Å². The first-order chi connectivity index (χ1) is 9.49. The molecule has 0 bridgehead atoms. The van der Waals surface area contributed by atoms with E-state index in [1.165, 1.54) is 19.0 Å². The van der Waals surface area contributed by atoms with Crippen LogP contribution in [0.3, 0.4) is 0 Å². The smallest absolute Gasteiger partial charge is 0.247 e. The first-order valence-corrected chi connectivity index (χ1v) is 8.19. The van der Waals surface area contributed by atoms with Crippen LogP contribution in [0.15, 0.2) is 0 Å². The fourth-order valence-electron chi connectivity index (χ4n) is 1.66. The number of carbonyl (C=O) groups is 1. The molecule has 1 heterocycles. The van der Waals surface area contributed by atoms with Gasteiger partial charge in [0.1, 0.15) is 0 Å². The van der Waals surface area contributed by atoms with Crippen LogP contribution in [0.2, 0.25) is 0 Å². The van der Waals surface area contributed by atoms with E-state index in [1.807, 2.05) is 20.8 Å². The minimum absolute atomic E-state index is 0.0185. The van der Waals surface area contributed by atoms with E-state index in [1.54, 1.807) is 6.92 Å². The third-order valence-corrected chi connectivity index (χ3v) is 4.62. The molecule has 0 saturated heterocycles. The molecule has 0 fully saturated rings. The summed E-state index contributed by atoms with van der Waals surface area (Å²) in [6.45, 7) is 7.39. The number of hydrogen-bond acceptors (Lipinski definition) is 5. The van der Waals surface area contributed by atoms with Crippen LogP contribution in [-0.2, 0) is 20.2 Å². The van der Waals surface area contributed by atoms with Crippen molar-refractivity contribution in [2.75, 3.05) is 18.8 Å². The lowest BCUT2D eigenvalue weighted by molar-refractivity contribution is -0.128. The number of H-pyrrole nitrogens is 1. The van der Waals surface area contributed by atoms with Gasteiger partial charge in [-0.3, -0.25) is 9.52 Å². The van der Waals surface area contributed by atoms with Gasteiger partial charge < -0.3 is 4.90 Å². The number of carbonyl (C=O) groups excluding carboxylic acids is 1. The van der Waals surface area contributed by atoms with Gasteiger partial charge in [-0.2, -0.15) is 10.1 Å². The fraction of sp³-hybridized carbons (Fsp3) is 0.750. The molecular weight excluding hydrogens is 294 g/mol. The van der Waals surface area contributed by atoms with Crippen LogP contribution in [0, 0.1) is 0 Å². The van der Waals surface area contributed by atoms with E-state index >= 15 is 0 Å². The molecule has 1 aromatic rings. The number of rotatable bonds is 5. The number of nitrogens with zero attached hydrogens (tertiary/aromatic N) is 3. The minimum atomic E-state index is -3.88. The van der Waals surface area contributed by atoms with Crippen molar-refractivity contribution in [3.63, 3.8) is 0 Å². The Hall–Kier alpha value is -1.64. The third kappa shape index (κ3) is 4.16. The van der Waals surface area contributed by atoms with Crippen molar-refractivity contribution in [1.82, 2.24) is 20.1 Å². The summed E-state index contributed by atoms with van der Waals surface area (Å²) in [5, 5.41) is 5.36. The van der Waals surface area contributed by atoms with Gasteiger partial charge in [0.2, 0.25) is 21.9 Å². The quantitative estimate of drug-likeness (QED) is 0.831. The number of sulfonamides is 1. The predicted molar refractivity (Wildman–Crippen MR) is 80.4 cm³/mol. The average molecular weight is 317 g/mol. The molecule has 2 N–H and O–H groups in total. The van der Waals surface area contributed by atoms with Crippen molar-refractivity contribution in [3.8, 4) is 0 Å². The van der Waals surface area contributed by atoms with Crippen LogP contribution in [0.4, 0.5) is 5.95 Å². The van der Waals surface area contributed by atoms with Crippen LogP contribution in [0.5, 0.6) is 0 Å². The van der Waals surface area contributed by atoms with Gasteiger partial charge >= 0.3 is 0 Å². The molecule has 21 heavy (non-hydrogen) atoms. The average Bonchev–Trinajstić information content (AvgIpc) is 2.76. The summed E-state index contributed by atoms with van der Waals surface area (Å²) in [5.74, 6) is 0.0395. The van der Waals surface area contributed by atoms with Crippen LogP contribution in [-0.4, -0.2) is 53.8 Å². The molecule has 1 rings (SSSR count). The summed E-state index contributed by atoms with van der Waals surface area (Å²) >= 11 is 0. The second-order valence-electron chi connectivity index (χ2n) is 6.03. The van der Waals surface area contributed by atoms with Gasteiger partial charge in [0.05, 0.1) is 0 Å². The van der Waals surface area contributed by atoms with Crippen molar-refractivity contribution in [2.24, 2.45) is 0 Å². The molecule has 0 aromatic carbocycles. The zero-order chi connectivity index (χ0) is 16.4. The maximum Gasteiger partial charge on any atom is 0.247 e. The van der Waals surface area contributed by atoms with Gasteiger partial charge in [0, 0.05) is 19.5 Å². The van der Waals surface area contributed by atoms with Gasteiger partial charge in [-0.25, -0.2) is 13.5 Å². The molecule has 9 heteroatoms. The Morgan fingerprint density at radius 2 is 1.95 bits per heavy atom. The van der Waals surface area contributed by atoms with E-state index in [2.05, 4.69) is 19.9 Å². The summed E-state index contributed by atoms with van der Waals surface area (Å²) in [6, 6.07) is 0. The summed E-state index contributed by atoms with van der Waals surface area (Å²) < 4.78 is 26.9. The van der Waals surface area contributed by atoms with E-state index in [9.17, 15) is 13.2 Å². The summed E-state index contributed by atoms with van der Waals surface area (Å²) in [7, 11) is -0.836. The zero-order valence-electron chi connectivity index (χ0n) is 13.3. The monoisotopic (exact) mass is 317 g/mol. The van der Waals surface area contributed by atoms with Gasteiger partial charge in [-0.1, -0.05) is 27.7 Å². The van der Waals surface area contributed by atoms with E-state index in [4.69, 9.17) is 0 Å². The number of amides is 1. The number of anilines is 1. The molecule has 0 radical (unpaired) electrons. The summed E-state index contributed by atoms with van der Waals surface area (Å²) in [5.41, 5.74) is -0.302. The Bertz CT molecular complexity index is 601. The molecule has 120 valence electrons. The van der Waals surface area contributed by atoms with Gasteiger partial charge in [-0.15, -0.1) is 0 Å². The first kappa shape index (κ1) is 17.4. The molecule has 1 atom stereocenters. The highest BCUT2D eigenvalue weighted by Gasteiger charge is 2.33. The van der Waals surface area contributed by atoms with Gasteiger partial charge in [0.25, 0.3) is 0 Å². The Balaban J connectivity index is 2.99. The highest BCUT2D eigenvalue weighted by Crippen LogP contribution is 2.19. The van der Waals surface area contributed by atoms with Gasteiger partial charge in [0.15, 0.2) is 11.1 Å². The topological polar surface area (TPSA) is 108 Å². The molecule has 1 unspecified atom stereocenters. The molecule has 0 aliphatic heterocycles. The van der Waals surface area contributed by atoms with E-state index in [0.29, 0.717) is 5.82 Å². The van der Waals surface area contributed by atoms with E-state index < -0.39 is 21.2 Å². The van der Waals surface area contributed by atoms with Crippen molar-refractivity contribution in [2.45, 2.75) is 44.8 Å². The van der Waals surface area contributed by atoms with E-state index in [0.717, 1.165) is 0 Å². The molecular formula is C12H23N5O3S. The highest BCUT2D eigenvalue weighted by atomic mass is 32.2. The second kappa shape index (κ2) is 6.00. The van der Waals surface area contributed by atoms with Crippen molar-refractivity contribution in [3.05, 3.63) is 5.82 Å². The largest absolute Gasteiger partial charge is 0.348 e. The van der Waals surface area contributed by atoms with Crippen LogP contribution < -0.4 is 4.72 Å². The van der Waals surface area contributed by atoms with Gasteiger partial charge in [-0.05, 0) is 6.42 Å². The normalized spacial score (nSPS) is 13.8. The van der Waals surface area contributed by atoms with Crippen LogP contribution in [0.1, 0.15) is 39.9 Å². The fourth-order valence-corrected chi connectivity index (χ4v) is 3.08. The molecule has 0 aliphatic rings. The van der Waals surface area contributed by atoms with Crippen LogP contribution in [0.25, 0.3) is 0 Å². The molecule has 8 nitrogen and oxygen atoms in total. The lowest BCUT2D eigenvalue weighted by Gasteiger charge is -2.19. The standard InChI is InChI=1S/C12H23N5O3S/c1-7-8(9(18)17(5)6)21(19,20)16-11-13-10(14-15-11)12(2,3)4/h8H,7H2,1-6H3,(H2,13,14,15,16). The summed E-state index contributed by atoms with van der Waals surface area (Å²) in [6.07, 6.45) is 0.173. The highest BCUT2D eigenvalue weighted by molar-refractivity contribution is 7.94. The predicted octanol–water partition coefficient (Wildman–Crippen LogP) is 0.711. The zero-order valence-corrected chi connectivity index (χ0v) is 14.1. The second-order valence-corrected chi connectivity index (χ2v) is 7.90. The van der Waals surface area contributed by atoms with Crippen LogP contribution >= 0.6 is 0 Å². The lowest BCUT2D eigenvalue weighted by Crippen LogP contribution is -2.41. The number of aromatic amines is 1. The Kier molecular flexibility index (Phi) is 4.98. The van der Waals surface area contributed by atoms with E-state index in [-0.39, 0.29) is 17.8 Å². The molecule has 0 spiro atoms. The summed E-state index contributed by atoms with van der Waals surface area (Å²) in [4.78, 5) is 17.3. The Morgan fingerprint density at radius 1 is 1.38 bits per heavy atom. The molecule has 1 aromatic heterocycles. The van der Waals surface area contributed by atoms with Crippen molar-refractivity contribution < 1.29 is 13.2 Å². The molecule has 0 saturated carbocycles. The number of aromatic nitrogens is 3. The number of nitrogens with one attached hydrogen (secondary N) is 2. The molecule has 1 amide bonds. The maximum absolute atomic E-state index is 12.3. The van der Waals surface area contributed by atoms with Crippen molar-refractivity contribution in [1.29, 1.82) is 0 Å². The first-order valence-electron chi connectivity index (χ1n) is 6.64. The Morgan fingerprint density at radius 3 is 2.33 bits per heavy atom. The van der Waals surface area contributed by atoms with Crippen molar-refractivity contribution >= 4 is 21.9 Å². The molecule has 0 aliphatic carbocycles.